The molecule has 4 nitrogen and oxygen atoms in total. The van der Waals surface area contributed by atoms with Crippen LogP contribution in [0.2, 0.25) is 0 Å². The topological polar surface area (TPSA) is 61.8 Å². The first-order chi connectivity index (χ1) is 7.40. The zero-order valence-corrected chi connectivity index (χ0v) is 7.94. The Balaban J connectivity index is 2.56. The van der Waals surface area contributed by atoms with Crippen LogP contribution in [0.1, 0.15) is 5.69 Å². The summed E-state index contributed by atoms with van der Waals surface area (Å²) in [5.74, 6) is 0. The van der Waals surface area contributed by atoms with Gasteiger partial charge in [-0.25, -0.2) is 9.97 Å². The van der Waals surface area contributed by atoms with Gasteiger partial charge in [-0.15, -0.1) is 0 Å². The average Bonchev–Trinajstić information content (AvgIpc) is 2.67. The number of nitrogens with zero attached hydrogens (tertiary/aromatic N) is 2. The number of para-hydroxylation sites is 1. The average molecular weight is 199 g/mol. The van der Waals surface area contributed by atoms with Crippen molar-refractivity contribution in [3.63, 3.8) is 0 Å². The molecule has 0 aliphatic heterocycles. The number of hydrogen-bond donors (Lipinski definition) is 2. The van der Waals surface area contributed by atoms with Crippen LogP contribution >= 0.6 is 0 Å². The van der Waals surface area contributed by atoms with Crippen molar-refractivity contribution >= 4 is 21.9 Å². The number of aromatic amines is 1. The zero-order valence-electron chi connectivity index (χ0n) is 7.94. The fourth-order valence-electron chi connectivity index (χ4n) is 1.86. The maximum Gasteiger partial charge on any atom is 0.142 e. The van der Waals surface area contributed by atoms with Crippen LogP contribution in [0.25, 0.3) is 21.9 Å². The molecule has 1 aromatic carbocycles. The van der Waals surface area contributed by atoms with E-state index in [0.717, 1.165) is 21.9 Å². The van der Waals surface area contributed by atoms with Crippen molar-refractivity contribution in [2.24, 2.45) is 0 Å². The molecule has 0 aliphatic rings. The highest BCUT2D eigenvalue weighted by atomic mass is 16.3. The molecule has 0 spiro atoms. The van der Waals surface area contributed by atoms with Crippen molar-refractivity contribution in [3.05, 3.63) is 36.3 Å². The van der Waals surface area contributed by atoms with Gasteiger partial charge in [-0.1, -0.05) is 18.2 Å². The van der Waals surface area contributed by atoms with Gasteiger partial charge in [0.05, 0.1) is 17.7 Å². The minimum atomic E-state index is -0.0686. The molecule has 3 aromatic rings. The highest BCUT2D eigenvalue weighted by Gasteiger charge is 2.08. The summed E-state index contributed by atoms with van der Waals surface area (Å²) in [4.78, 5) is 11.4. The summed E-state index contributed by atoms with van der Waals surface area (Å²) in [5.41, 5.74) is 2.45. The third-order valence-corrected chi connectivity index (χ3v) is 2.53. The summed E-state index contributed by atoms with van der Waals surface area (Å²) in [6, 6.07) is 7.91. The van der Waals surface area contributed by atoms with E-state index in [1.54, 1.807) is 0 Å². The number of aromatic nitrogens is 3. The number of hydrogen-bond acceptors (Lipinski definition) is 3. The minimum Gasteiger partial charge on any atom is -0.390 e. The van der Waals surface area contributed by atoms with Crippen LogP contribution in [0.3, 0.4) is 0 Å². The van der Waals surface area contributed by atoms with Crippen molar-refractivity contribution in [2.75, 3.05) is 0 Å². The van der Waals surface area contributed by atoms with E-state index in [1.165, 1.54) is 6.33 Å². The summed E-state index contributed by atoms with van der Waals surface area (Å²) in [6.07, 6.45) is 1.46. The second kappa shape index (κ2) is 3.03. The van der Waals surface area contributed by atoms with E-state index in [2.05, 4.69) is 15.0 Å². The van der Waals surface area contributed by atoms with Crippen molar-refractivity contribution < 1.29 is 5.11 Å². The van der Waals surface area contributed by atoms with Crippen LogP contribution < -0.4 is 0 Å². The van der Waals surface area contributed by atoms with Crippen molar-refractivity contribution in [2.45, 2.75) is 6.61 Å². The Hall–Kier alpha value is -1.94. The molecular weight excluding hydrogens is 190 g/mol. The quantitative estimate of drug-likeness (QED) is 0.625. The van der Waals surface area contributed by atoms with Gasteiger partial charge < -0.3 is 10.1 Å². The summed E-state index contributed by atoms with van der Waals surface area (Å²) in [6.45, 7) is -0.0686. The number of fused-ring (bicyclic) bond motifs is 3. The molecule has 0 bridgehead atoms. The standard InChI is InChI=1S/C11H9N3O/c15-5-9-10-7-3-1-2-4-8(7)14-11(10)13-6-12-9/h1-4,6,15H,5H2,(H,12,13,14). The smallest absolute Gasteiger partial charge is 0.142 e. The molecule has 0 saturated carbocycles. The van der Waals surface area contributed by atoms with E-state index >= 15 is 0 Å². The third-order valence-electron chi connectivity index (χ3n) is 2.53. The molecule has 0 aliphatic carbocycles. The second-order valence-electron chi connectivity index (χ2n) is 3.37. The first-order valence-corrected chi connectivity index (χ1v) is 4.71. The number of aliphatic hydroxyl groups is 1. The normalized spacial score (nSPS) is 11.3. The number of aliphatic hydroxyl groups excluding tert-OH is 1. The molecule has 3 rings (SSSR count). The van der Waals surface area contributed by atoms with E-state index < -0.39 is 0 Å². The molecule has 74 valence electrons. The Labute approximate surface area is 85.6 Å². The lowest BCUT2D eigenvalue weighted by Gasteiger charge is -1.96. The third kappa shape index (κ3) is 1.12. The van der Waals surface area contributed by atoms with Crippen LogP contribution in [-0.2, 0) is 6.61 Å². The second-order valence-corrected chi connectivity index (χ2v) is 3.37. The fourth-order valence-corrected chi connectivity index (χ4v) is 1.86. The Kier molecular flexibility index (Phi) is 1.69. The monoisotopic (exact) mass is 199 g/mol. The molecule has 15 heavy (non-hydrogen) atoms. The SMILES string of the molecule is OCc1ncnc2[nH]c3ccccc3c12. The summed E-state index contributed by atoms with van der Waals surface area (Å²) >= 11 is 0. The summed E-state index contributed by atoms with van der Waals surface area (Å²) < 4.78 is 0. The molecule has 2 aromatic heterocycles. The van der Waals surface area contributed by atoms with Crippen molar-refractivity contribution in [1.29, 1.82) is 0 Å². The first-order valence-electron chi connectivity index (χ1n) is 4.71. The summed E-state index contributed by atoms with van der Waals surface area (Å²) in [5, 5.41) is 11.2. The van der Waals surface area contributed by atoms with Crippen LogP contribution in [0.5, 0.6) is 0 Å². The lowest BCUT2D eigenvalue weighted by molar-refractivity contribution is 0.278. The first kappa shape index (κ1) is 8.38. The van der Waals surface area contributed by atoms with Gasteiger partial charge in [0.25, 0.3) is 0 Å². The predicted molar refractivity (Wildman–Crippen MR) is 57.3 cm³/mol. The molecule has 0 atom stereocenters. The minimum absolute atomic E-state index is 0.0686. The number of rotatable bonds is 1. The van der Waals surface area contributed by atoms with Gasteiger partial charge in [-0.2, -0.15) is 0 Å². The van der Waals surface area contributed by atoms with E-state index in [4.69, 9.17) is 0 Å². The van der Waals surface area contributed by atoms with Crippen molar-refractivity contribution in [1.82, 2.24) is 15.0 Å². The van der Waals surface area contributed by atoms with Crippen LogP contribution in [0.4, 0.5) is 0 Å². The van der Waals surface area contributed by atoms with Gasteiger partial charge in [-0.05, 0) is 6.07 Å². The molecule has 0 fully saturated rings. The maximum absolute atomic E-state index is 9.21. The Morgan fingerprint density at radius 2 is 2.07 bits per heavy atom. The van der Waals surface area contributed by atoms with Gasteiger partial charge >= 0.3 is 0 Å². The Morgan fingerprint density at radius 3 is 2.93 bits per heavy atom. The molecule has 0 amide bonds. The van der Waals surface area contributed by atoms with Crippen molar-refractivity contribution in [3.8, 4) is 0 Å². The molecule has 0 saturated heterocycles. The van der Waals surface area contributed by atoms with Crippen LogP contribution in [-0.4, -0.2) is 20.1 Å². The fraction of sp³-hybridized carbons (Fsp3) is 0.0909. The maximum atomic E-state index is 9.21. The molecule has 2 N–H and O–H groups in total. The molecule has 2 heterocycles. The number of H-pyrrole nitrogens is 1. The lowest BCUT2D eigenvalue weighted by atomic mass is 10.2. The van der Waals surface area contributed by atoms with Crippen LogP contribution in [0, 0.1) is 0 Å². The highest BCUT2D eigenvalue weighted by molar-refractivity contribution is 6.06. The van der Waals surface area contributed by atoms with E-state index in [0.29, 0.717) is 5.69 Å². The van der Waals surface area contributed by atoms with Crippen LogP contribution in [0.15, 0.2) is 30.6 Å². The Morgan fingerprint density at radius 1 is 1.20 bits per heavy atom. The highest BCUT2D eigenvalue weighted by Crippen LogP contribution is 2.25. The zero-order chi connectivity index (χ0) is 10.3. The molecular formula is C11H9N3O. The van der Waals surface area contributed by atoms with E-state index in [-0.39, 0.29) is 6.61 Å². The Bertz CT molecular complexity index is 630. The number of benzene rings is 1. The molecule has 4 heteroatoms. The molecule has 0 unspecified atom stereocenters. The predicted octanol–water partition coefficient (Wildman–Crippen LogP) is 1.60. The number of nitrogens with one attached hydrogen (secondary N) is 1. The van der Waals surface area contributed by atoms with Gasteiger partial charge in [0.15, 0.2) is 0 Å². The summed E-state index contributed by atoms with van der Waals surface area (Å²) in [7, 11) is 0. The van der Waals surface area contributed by atoms with E-state index in [1.807, 2.05) is 24.3 Å². The van der Waals surface area contributed by atoms with Gasteiger partial charge in [0, 0.05) is 10.9 Å². The lowest BCUT2D eigenvalue weighted by Crippen LogP contribution is -1.91. The van der Waals surface area contributed by atoms with E-state index in [9.17, 15) is 5.11 Å². The largest absolute Gasteiger partial charge is 0.390 e. The van der Waals surface area contributed by atoms with Gasteiger partial charge in [0.2, 0.25) is 0 Å². The molecule has 0 radical (unpaired) electrons. The van der Waals surface area contributed by atoms with Gasteiger partial charge in [-0.3, -0.25) is 0 Å². The van der Waals surface area contributed by atoms with Gasteiger partial charge in [0.1, 0.15) is 12.0 Å².